The molecule has 0 aliphatic rings. The quantitative estimate of drug-likeness (QED) is 0.445. The van der Waals surface area contributed by atoms with E-state index in [-0.39, 0.29) is 6.04 Å². The lowest BCUT2D eigenvalue weighted by atomic mass is 9.99. The van der Waals surface area contributed by atoms with Gasteiger partial charge in [-0.25, -0.2) is 0 Å². The van der Waals surface area contributed by atoms with E-state index in [1.165, 1.54) is 16.7 Å². The van der Waals surface area contributed by atoms with Crippen molar-refractivity contribution in [2.75, 3.05) is 0 Å². The van der Waals surface area contributed by atoms with Crippen molar-refractivity contribution >= 4 is 11.3 Å². The van der Waals surface area contributed by atoms with Gasteiger partial charge < -0.3 is 0 Å². The maximum atomic E-state index is 5.55. The summed E-state index contributed by atoms with van der Waals surface area (Å²) in [5.74, 6) is 5.55. The molecule has 0 spiro atoms. The second kappa shape index (κ2) is 5.29. The van der Waals surface area contributed by atoms with Crippen LogP contribution in [0.15, 0.2) is 22.9 Å². The molecule has 3 heteroatoms. The fourth-order valence-corrected chi connectivity index (χ4v) is 2.32. The Kier molecular flexibility index (Phi) is 4.32. The number of hydrogen-bond acceptors (Lipinski definition) is 3. The molecule has 0 aliphatic carbocycles. The van der Waals surface area contributed by atoms with Gasteiger partial charge in [-0.15, -0.1) is 0 Å². The lowest BCUT2D eigenvalue weighted by Gasteiger charge is -2.16. The summed E-state index contributed by atoms with van der Waals surface area (Å²) in [5, 5.41) is 4.30. The van der Waals surface area contributed by atoms with Crippen molar-refractivity contribution in [3.05, 3.63) is 34.0 Å². The SMILES string of the molecule is C=C(CC)CC(NN)c1cscc1C. The Balaban J connectivity index is 2.72. The Labute approximate surface area is 89.8 Å². The van der Waals surface area contributed by atoms with Crippen LogP contribution in [0.4, 0.5) is 0 Å². The predicted octanol–water partition coefficient (Wildman–Crippen LogP) is 2.92. The van der Waals surface area contributed by atoms with Crippen LogP contribution in [0.1, 0.15) is 36.9 Å². The number of hydrazine groups is 1. The van der Waals surface area contributed by atoms with Gasteiger partial charge in [0.25, 0.3) is 0 Å². The summed E-state index contributed by atoms with van der Waals surface area (Å²) < 4.78 is 0. The van der Waals surface area contributed by atoms with E-state index in [0.29, 0.717) is 0 Å². The molecule has 1 rings (SSSR count). The van der Waals surface area contributed by atoms with Crippen molar-refractivity contribution in [1.82, 2.24) is 5.43 Å². The third-order valence-corrected chi connectivity index (χ3v) is 3.34. The van der Waals surface area contributed by atoms with Crippen molar-refractivity contribution < 1.29 is 0 Å². The van der Waals surface area contributed by atoms with Crippen LogP contribution >= 0.6 is 11.3 Å². The minimum Gasteiger partial charge on any atom is -0.271 e. The summed E-state index contributed by atoms with van der Waals surface area (Å²) in [6, 6.07) is 0.216. The van der Waals surface area contributed by atoms with Gasteiger partial charge in [0.15, 0.2) is 0 Å². The van der Waals surface area contributed by atoms with E-state index in [0.717, 1.165) is 12.8 Å². The maximum Gasteiger partial charge on any atom is 0.0507 e. The fourth-order valence-electron chi connectivity index (χ4n) is 1.42. The smallest absolute Gasteiger partial charge is 0.0507 e. The molecule has 0 aliphatic heterocycles. The Bertz CT molecular complexity index is 304. The number of thiophene rings is 1. The molecular formula is C11H18N2S. The average Bonchev–Trinajstić information content (AvgIpc) is 2.60. The second-order valence-corrected chi connectivity index (χ2v) is 4.28. The highest BCUT2D eigenvalue weighted by molar-refractivity contribution is 7.08. The van der Waals surface area contributed by atoms with Crippen molar-refractivity contribution in [2.45, 2.75) is 32.7 Å². The summed E-state index contributed by atoms with van der Waals surface area (Å²) in [4.78, 5) is 0. The molecule has 0 fully saturated rings. The molecule has 2 nitrogen and oxygen atoms in total. The van der Waals surface area contributed by atoms with E-state index in [1.807, 2.05) is 0 Å². The van der Waals surface area contributed by atoms with Gasteiger partial charge >= 0.3 is 0 Å². The molecule has 0 saturated heterocycles. The zero-order valence-corrected chi connectivity index (χ0v) is 9.66. The molecule has 1 unspecified atom stereocenters. The van der Waals surface area contributed by atoms with Crippen LogP contribution in [0, 0.1) is 6.92 Å². The molecule has 3 N–H and O–H groups in total. The largest absolute Gasteiger partial charge is 0.271 e. The lowest BCUT2D eigenvalue weighted by Crippen LogP contribution is -2.28. The molecule has 1 aromatic rings. The van der Waals surface area contributed by atoms with Crippen molar-refractivity contribution in [1.29, 1.82) is 0 Å². The standard InChI is InChI=1S/C11H18N2S/c1-4-8(2)5-11(13-12)10-7-14-6-9(10)3/h6-7,11,13H,2,4-5,12H2,1,3H3. The molecule has 0 radical (unpaired) electrons. The number of nitrogens with two attached hydrogens (primary N) is 1. The molecule has 0 saturated carbocycles. The summed E-state index contributed by atoms with van der Waals surface area (Å²) in [5.41, 5.74) is 6.70. The molecule has 78 valence electrons. The molecule has 0 amide bonds. The Hall–Kier alpha value is -0.640. The number of hydrogen-bond donors (Lipinski definition) is 2. The first-order chi connectivity index (χ1) is 6.69. The Morgan fingerprint density at radius 3 is 2.79 bits per heavy atom. The third kappa shape index (κ3) is 2.67. The van der Waals surface area contributed by atoms with Crippen LogP contribution in [0.3, 0.4) is 0 Å². The van der Waals surface area contributed by atoms with Crippen LogP contribution in [0.2, 0.25) is 0 Å². The first kappa shape index (κ1) is 11.4. The first-order valence-corrected chi connectivity index (χ1v) is 5.78. The monoisotopic (exact) mass is 210 g/mol. The predicted molar refractivity (Wildman–Crippen MR) is 63.2 cm³/mol. The van der Waals surface area contributed by atoms with Gasteiger partial charge in [0.2, 0.25) is 0 Å². The van der Waals surface area contributed by atoms with E-state index in [4.69, 9.17) is 5.84 Å². The molecule has 1 heterocycles. The third-order valence-electron chi connectivity index (χ3n) is 2.46. The van der Waals surface area contributed by atoms with Crippen molar-refractivity contribution in [3.8, 4) is 0 Å². The normalized spacial score (nSPS) is 12.8. The van der Waals surface area contributed by atoms with Gasteiger partial charge in [-0.2, -0.15) is 11.3 Å². The first-order valence-electron chi connectivity index (χ1n) is 4.84. The van der Waals surface area contributed by atoms with Gasteiger partial charge in [-0.1, -0.05) is 19.1 Å². The van der Waals surface area contributed by atoms with Crippen molar-refractivity contribution in [3.63, 3.8) is 0 Å². The molecule has 0 bridgehead atoms. The lowest BCUT2D eigenvalue weighted by molar-refractivity contribution is 0.544. The zero-order chi connectivity index (χ0) is 10.6. The summed E-state index contributed by atoms with van der Waals surface area (Å²) in [6.45, 7) is 8.25. The van der Waals surface area contributed by atoms with Crippen molar-refractivity contribution in [2.24, 2.45) is 5.84 Å². The minimum atomic E-state index is 0.216. The van der Waals surface area contributed by atoms with E-state index >= 15 is 0 Å². The summed E-state index contributed by atoms with van der Waals surface area (Å²) >= 11 is 1.72. The van der Waals surface area contributed by atoms with Crippen LogP contribution < -0.4 is 11.3 Å². The number of nitrogens with one attached hydrogen (secondary N) is 1. The van der Waals surface area contributed by atoms with E-state index in [1.54, 1.807) is 11.3 Å². The average molecular weight is 210 g/mol. The van der Waals surface area contributed by atoms with E-state index < -0.39 is 0 Å². The minimum absolute atomic E-state index is 0.216. The highest BCUT2D eigenvalue weighted by Crippen LogP contribution is 2.26. The van der Waals surface area contributed by atoms with Crippen LogP contribution in [0.5, 0.6) is 0 Å². The zero-order valence-electron chi connectivity index (χ0n) is 8.84. The summed E-state index contributed by atoms with van der Waals surface area (Å²) in [7, 11) is 0. The van der Waals surface area contributed by atoms with Crippen LogP contribution in [-0.2, 0) is 0 Å². The van der Waals surface area contributed by atoms with Crippen LogP contribution in [0.25, 0.3) is 0 Å². The van der Waals surface area contributed by atoms with E-state index in [2.05, 4.69) is 36.6 Å². The second-order valence-electron chi connectivity index (χ2n) is 3.54. The molecular weight excluding hydrogens is 192 g/mol. The van der Waals surface area contributed by atoms with Gasteiger partial charge in [0.05, 0.1) is 6.04 Å². The highest BCUT2D eigenvalue weighted by atomic mass is 32.1. The maximum absolute atomic E-state index is 5.55. The molecule has 0 aromatic carbocycles. The van der Waals surface area contributed by atoms with Gasteiger partial charge in [0.1, 0.15) is 0 Å². The van der Waals surface area contributed by atoms with E-state index in [9.17, 15) is 0 Å². The summed E-state index contributed by atoms with van der Waals surface area (Å²) in [6.07, 6.45) is 1.94. The topological polar surface area (TPSA) is 38.0 Å². The number of rotatable bonds is 5. The highest BCUT2D eigenvalue weighted by Gasteiger charge is 2.13. The molecule has 1 aromatic heterocycles. The van der Waals surface area contributed by atoms with Gasteiger partial charge in [-0.3, -0.25) is 11.3 Å². The van der Waals surface area contributed by atoms with Gasteiger partial charge in [-0.05, 0) is 41.7 Å². The van der Waals surface area contributed by atoms with Crippen LogP contribution in [-0.4, -0.2) is 0 Å². The number of aryl methyl sites for hydroxylation is 1. The molecule has 14 heavy (non-hydrogen) atoms. The Morgan fingerprint density at radius 2 is 2.36 bits per heavy atom. The molecule has 1 atom stereocenters. The fraction of sp³-hybridized carbons (Fsp3) is 0.455. The van der Waals surface area contributed by atoms with Gasteiger partial charge in [0, 0.05) is 0 Å². The Morgan fingerprint density at radius 1 is 1.64 bits per heavy atom.